The summed E-state index contributed by atoms with van der Waals surface area (Å²) in [6.45, 7) is 1.89. The van der Waals surface area contributed by atoms with Crippen LogP contribution in [0.4, 0.5) is 5.69 Å². The molecule has 92 valence electrons. The predicted molar refractivity (Wildman–Crippen MR) is 75.4 cm³/mol. The number of carbonyl (C=O) groups excluding carboxylic acids is 1. The number of anilines is 1. The van der Waals surface area contributed by atoms with Crippen molar-refractivity contribution in [3.8, 4) is 0 Å². The number of hydrogen-bond acceptors (Lipinski definition) is 1. The van der Waals surface area contributed by atoms with Gasteiger partial charge in [0.15, 0.2) is 0 Å². The van der Waals surface area contributed by atoms with Gasteiger partial charge in [0.2, 0.25) is 0 Å². The molecule has 2 nitrogen and oxygen atoms in total. The second-order valence-electron chi connectivity index (χ2n) is 4.16. The zero-order valence-electron chi connectivity index (χ0n) is 10.4. The first kappa shape index (κ1) is 12.7. The molecule has 2 aromatic rings. The predicted octanol–water partition coefficient (Wildman–Crippen LogP) is 3.93. The van der Waals surface area contributed by atoms with Crippen molar-refractivity contribution in [1.82, 2.24) is 0 Å². The standard InChI is InChI=1S/C15H14ClNO/c1-11-10-12(16)8-9-14(11)15(18)17(2)13-6-4-3-5-7-13/h3-10H,1-2H3. The molecule has 18 heavy (non-hydrogen) atoms. The van der Waals surface area contributed by atoms with Crippen LogP contribution in [0.25, 0.3) is 0 Å². The van der Waals surface area contributed by atoms with Gasteiger partial charge in [-0.15, -0.1) is 0 Å². The van der Waals surface area contributed by atoms with Crippen molar-refractivity contribution in [2.24, 2.45) is 0 Å². The summed E-state index contributed by atoms with van der Waals surface area (Å²) in [5, 5.41) is 0.645. The Kier molecular flexibility index (Phi) is 3.68. The molecule has 0 atom stereocenters. The van der Waals surface area contributed by atoms with Crippen LogP contribution in [0.5, 0.6) is 0 Å². The smallest absolute Gasteiger partial charge is 0.258 e. The van der Waals surface area contributed by atoms with Gasteiger partial charge in [-0.2, -0.15) is 0 Å². The number of rotatable bonds is 2. The minimum atomic E-state index is -0.0321. The maximum atomic E-state index is 12.4. The molecule has 0 aliphatic rings. The molecule has 0 aliphatic carbocycles. The lowest BCUT2D eigenvalue weighted by atomic mass is 10.1. The Morgan fingerprint density at radius 2 is 1.78 bits per heavy atom. The Bertz CT molecular complexity index is 566. The lowest BCUT2D eigenvalue weighted by Gasteiger charge is -2.18. The molecule has 0 heterocycles. The number of amides is 1. The van der Waals surface area contributed by atoms with Crippen LogP contribution in [-0.2, 0) is 0 Å². The molecule has 2 rings (SSSR count). The van der Waals surface area contributed by atoms with Crippen molar-refractivity contribution >= 4 is 23.2 Å². The largest absolute Gasteiger partial charge is 0.311 e. The topological polar surface area (TPSA) is 20.3 Å². The van der Waals surface area contributed by atoms with E-state index in [0.29, 0.717) is 10.6 Å². The van der Waals surface area contributed by atoms with Gasteiger partial charge in [0.05, 0.1) is 0 Å². The van der Waals surface area contributed by atoms with Gasteiger partial charge in [0.1, 0.15) is 0 Å². The summed E-state index contributed by atoms with van der Waals surface area (Å²) >= 11 is 5.89. The zero-order valence-corrected chi connectivity index (χ0v) is 11.1. The molecule has 0 radical (unpaired) electrons. The molecular weight excluding hydrogens is 246 g/mol. The third-order valence-electron chi connectivity index (χ3n) is 2.87. The van der Waals surface area contributed by atoms with Crippen molar-refractivity contribution in [2.45, 2.75) is 6.92 Å². The average Bonchev–Trinajstić information content (AvgIpc) is 2.38. The number of benzene rings is 2. The van der Waals surface area contributed by atoms with E-state index in [1.807, 2.05) is 37.3 Å². The fraction of sp³-hybridized carbons (Fsp3) is 0.133. The maximum absolute atomic E-state index is 12.4. The van der Waals surface area contributed by atoms with E-state index in [-0.39, 0.29) is 5.91 Å². The summed E-state index contributed by atoms with van der Waals surface area (Å²) in [5.41, 5.74) is 2.43. The minimum Gasteiger partial charge on any atom is -0.311 e. The van der Waals surface area contributed by atoms with Crippen LogP contribution in [0, 0.1) is 6.92 Å². The van der Waals surface area contributed by atoms with Gasteiger partial charge in [-0.25, -0.2) is 0 Å². The van der Waals surface area contributed by atoms with Crippen LogP contribution in [0.2, 0.25) is 5.02 Å². The molecule has 0 N–H and O–H groups in total. The normalized spacial score (nSPS) is 10.2. The van der Waals surface area contributed by atoms with Crippen LogP contribution in [0.3, 0.4) is 0 Å². The molecule has 1 amide bonds. The van der Waals surface area contributed by atoms with E-state index in [2.05, 4.69) is 0 Å². The third kappa shape index (κ3) is 2.54. The number of aryl methyl sites for hydroxylation is 1. The molecule has 3 heteroatoms. The Labute approximate surface area is 112 Å². The molecule has 0 bridgehead atoms. The number of halogens is 1. The first-order valence-corrected chi connectivity index (χ1v) is 6.06. The molecule has 0 aliphatic heterocycles. The van der Waals surface area contributed by atoms with Gasteiger partial charge in [-0.3, -0.25) is 4.79 Å². The number of nitrogens with zero attached hydrogens (tertiary/aromatic N) is 1. The van der Waals surface area contributed by atoms with Crippen LogP contribution >= 0.6 is 11.6 Å². The van der Waals surface area contributed by atoms with Gasteiger partial charge in [0, 0.05) is 23.3 Å². The highest BCUT2D eigenvalue weighted by atomic mass is 35.5. The van der Waals surface area contributed by atoms with Gasteiger partial charge in [-0.1, -0.05) is 29.8 Å². The second-order valence-corrected chi connectivity index (χ2v) is 4.60. The molecular formula is C15H14ClNO. The first-order valence-electron chi connectivity index (χ1n) is 5.69. The average molecular weight is 260 g/mol. The van der Waals surface area contributed by atoms with E-state index in [1.165, 1.54) is 0 Å². The summed E-state index contributed by atoms with van der Waals surface area (Å²) in [4.78, 5) is 14.0. The lowest BCUT2D eigenvalue weighted by molar-refractivity contribution is 0.0992. The van der Waals surface area contributed by atoms with Crippen molar-refractivity contribution in [1.29, 1.82) is 0 Å². The van der Waals surface area contributed by atoms with E-state index >= 15 is 0 Å². The molecule has 2 aromatic carbocycles. The molecule has 0 saturated carbocycles. The summed E-state index contributed by atoms with van der Waals surface area (Å²) in [5.74, 6) is -0.0321. The van der Waals surface area contributed by atoms with E-state index < -0.39 is 0 Å². The SMILES string of the molecule is Cc1cc(Cl)ccc1C(=O)N(C)c1ccccc1. The monoisotopic (exact) mass is 259 g/mol. The zero-order chi connectivity index (χ0) is 13.1. The molecule has 0 spiro atoms. The maximum Gasteiger partial charge on any atom is 0.258 e. The van der Waals surface area contributed by atoms with E-state index in [1.54, 1.807) is 30.1 Å². The van der Waals surface area contributed by atoms with Crippen LogP contribution < -0.4 is 4.90 Å². The molecule has 0 saturated heterocycles. The molecule has 0 aromatic heterocycles. The minimum absolute atomic E-state index is 0.0321. The summed E-state index contributed by atoms with van der Waals surface area (Å²) in [6, 6.07) is 14.9. The number of carbonyl (C=O) groups is 1. The van der Waals surface area contributed by atoms with Crippen LogP contribution in [0.1, 0.15) is 15.9 Å². The van der Waals surface area contributed by atoms with Gasteiger partial charge in [-0.05, 0) is 42.8 Å². The van der Waals surface area contributed by atoms with Gasteiger partial charge < -0.3 is 4.90 Å². The number of hydrogen-bond donors (Lipinski definition) is 0. The summed E-state index contributed by atoms with van der Waals surface area (Å²) in [7, 11) is 1.77. The van der Waals surface area contributed by atoms with E-state index in [9.17, 15) is 4.79 Å². The summed E-state index contributed by atoms with van der Waals surface area (Å²) in [6.07, 6.45) is 0. The number of para-hydroxylation sites is 1. The van der Waals surface area contributed by atoms with Crippen molar-refractivity contribution in [3.05, 3.63) is 64.7 Å². The van der Waals surface area contributed by atoms with E-state index in [4.69, 9.17) is 11.6 Å². The van der Waals surface area contributed by atoms with Crippen molar-refractivity contribution in [2.75, 3.05) is 11.9 Å². The van der Waals surface area contributed by atoms with Crippen molar-refractivity contribution in [3.63, 3.8) is 0 Å². The van der Waals surface area contributed by atoms with Crippen LogP contribution in [0.15, 0.2) is 48.5 Å². The van der Waals surface area contributed by atoms with E-state index in [0.717, 1.165) is 11.3 Å². The fourth-order valence-corrected chi connectivity index (χ4v) is 2.04. The highest BCUT2D eigenvalue weighted by Crippen LogP contribution is 2.19. The quantitative estimate of drug-likeness (QED) is 0.800. The highest BCUT2D eigenvalue weighted by Gasteiger charge is 2.15. The summed E-state index contributed by atoms with van der Waals surface area (Å²) < 4.78 is 0. The first-order chi connectivity index (χ1) is 8.59. The Hall–Kier alpha value is -1.80. The highest BCUT2D eigenvalue weighted by molar-refractivity contribution is 6.30. The Morgan fingerprint density at radius 3 is 2.39 bits per heavy atom. The Balaban J connectivity index is 2.32. The van der Waals surface area contributed by atoms with Crippen LogP contribution in [-0.4, -0.2) is 13.0 Å². The van der Waals surface area contributed by atoms with Crippen molar-refractivity contribution < 1.29 is 4.79 Å². The molecule has 0 unspecified atom stereocenters. The lowest BCUT2D eigenvalue weighted by Crippen LogP contribution is -2.26. The Morgan fingerprint density at radius 1 is 1.11 bits per heavy atom. The van der Waals surface area contributed by atoms with Gasteiger partial charge in [0.25, 0.3) is 5.91 Å². The second kappa shape index (κ2) is 5.23. The third-order valence-corrected chi connectivity index (χ3v) is 3.10. The fourth-order valence-electron chi connectivity index (χ4n) is 1.82. The van der Waals surface area contributed by atoms with Gasteiger partial charge >= 0.3 is 0 Å². The molecule has 0 fully saturated rings.